The van der Waals surface area contributed by atoms with Gasteiger partial charge in [0.05, 0.1) is 31.3 Å². The molecule has 0 saturated heterocycles. The lowest BCUT2D eigenvalue weighted by atomic mass is 9.96. The first-order valence-corrected chi connectivity index (χ1v) is 14.2. The summed E-state index contributed by atoms with van der Waals surface area (Å²) in [5, 5.41) is 0. The molecule has 0 N–H and O–H groups in total. The number of benzene rings is 2. The van der Waals surface area contributed by atoms with Gasteiger partial charge >= 0.3 is 0 Å². The Kier molecular flexibility index (Phi) is 8.24. The Morgan fingerprint density at radius 1 is 0.923 bits per heavy atom. The van der Waals surface area contributed by atoms with Crippen molar-refractivity contribution in [1.29, 1.82) is 0 Å². The van der Waals surface area contributed by atoms with E-state index >= 15 is 0 Å². The number of methoxy groups -OCH3 is 2. The van der Waals surface area contributed by atoms with Gasteiger partial charge in [0, 0.05) is 24.2 Å². The van der Waals surface area contributed by atoms with Crippen LogP contribution in [-0.4, -0.2) is 48.1 Å². The molecule has 39 heavy (non-hydrogen) atoms. The van der Waals surface area contributed by atoms with Gasteiger partial charge in [-0.05, 0) is 61.7 Å². The van der Waals surface area contributed by atoms with Crippen LogP contribution in [0.1, 0.15) is 75.6 Å². The number of carbonyl (C=O) groups excluding carboxylic acids is 2. The SMILES string of the molecule is CCCCCCCC(=O)N(CC(=O)N1c2ccccc2-n2cccc2C1c1cc(OC)ccc1OC)C1CC1. The molecule has 2 aliphatic rings. The highest BCUT2D eigenvalue weighted by Crippen LogP contribution is 2.45. The highest BCUT2D eigenvalue weighted by atomic mass is 16.5. The maximum Gasteiger partial charge on any atom is 0.247 e. The van der Waals surface area contributed by atoms with Crippen molar-refractivity contribution in [2.24, 2.45) is 0 Å². The van der Waals surface area contributed by atoms with Crippen molar-refractivity contribution in [1.82, 2.24) is 9.47 Å². The first-order valence-electron chi connectivity index (χ1n) is 14.2. The predicted octanol–water partition coefficient (Wildman–Crippen LogP) is 6.28. The predicted molar refractivity (Wildman–Crippen MR) is 153 cm³/mol. The zero-order chi connectivity index (χ0) is 27.4. The number of anilines is 1. The Labute approximate surface area is 231 Å². The van der Waals surface area contributed by atoms with Crippen LogP contribution in [0.4, 0.5) is 5.69 Å². The van der Waals surface area contributed by atoms with Gasteiger partial charge in [-0.15, -0.1) is 0 Å². The molecular formula is C32H39N3O4. The topological polar surface area (TPSA) is 64.0 Å². The molecule has 1 fully saturated rings. The van der Waals surface area contributed by atoms with E-state index in [4.69, 9.17) is 9.47 Å². The number of ether oxygens (including phenoxy) is 2. The second-order valence-electron chi connectivity index (χ2n) is 10.5. The fraction of sp³-hybridized carbons (Fsp3) is 0.438. The minimum absolute atomic E-state index is 0.0658. The van der Waals surface area contributed by atoms with Crippen molar-refractivity contribution in [2.75, 3.05) is 25.7 Å². The average molecular weight is 530 g/mol. The molecule has 3 aromatic rings. The second-order valence-corrected chi connectivity index (χ2v) is 10.5. The summed E-state index contributed by atoms with van der Waals surface area (Å²) in [4.78, 5) is 31.4. The first kappa shape index (κ1) is 26.9. The highest BCUT2D eigenvalue weighted by Gasteiger charge is 2.40. The standard InChI is InChI=1S/C32H39N3O4/c1-4-5-6-7-8-15-30(36)34(23-16-17-23)22-31(37)35-27-13-10-9-12-26(27)33-20-11-14-28(33)32(35)25-21-24(38-2)18-19-29(25)39-3/h9-14,18-21,23,32H,4-8,15-17,22H2,1-3H3. The van der Waals surface area contributed by atoms with Gasteiger partial charge in [-0.3, -0.25) is 14.5 Å². The minimum Gasteiger partial charge on any atom is -0.497 e. The zero-order valence-electron chi connectivity index (χ0n) is 23.3. The Balaban J connectivity index is 1.50. The number of aromatic nitrogens is 1. The number of hydrogen-bond acceptors (Lipinski definition) is 4. The summed E-state index contributed by atoms with van der Waals surface area (Å²) in [6.07, 6.45) is 9.90. The Morgan fingerprint density at radius 3 is 2.41 bits per heavy atom. The van der Waals surface area contributed by atoms with Crippen LogP contribution in [0.15, 0.2) is 60.8 Å². The molecule has 0 bridgehead atoms. The molecule has 2 heterocycles. The fourth-order valence-electron chi connectivity index (χ4n) is 5.66. The largest absolute Gasteiger partial charge is 0.497 e. The van der Waals surface area contributed by atoms with Crippen molar-refractivity contribution < 1.29 is 19.1 Å². The third-order valence-electron chi connectivity index (χ3n) is 7.83. The minimum atomic E-state index is -0.447. The number of hydrogen-bond donors (Lipinski definition) is 0. The molecule has 1 aliphatic heterocycles. The molecule has 1 aromatic heterocycles. The lowest BCUT2D eigenvalue weighted by Crippen LogP contribution is -2.47. The van der Waals surface area contributed by atoms with Crippen LogP contribution in [0.5, 0.6) is 11.5 Å². The molecule has 7 heteroatoms. The van der Waals surface area contributed by atoms with Crippen molar-refractivity contribution >= 4 is 17.5 Å². The number of carbonyl (C=O) groups is 2. The molecule has 1 saturated carbocycles. The van der Waals surface area contributed by atoms with Crippen molar-refractivity contribution in [3.63, 3.8) is 0 Å². The van der Waals surface area contributed by atoms with E-state index in [-0.39, 0.29) is 24.4 Å². The molecule has 206 valence electrons. The number of nitrogens with zero attached hydrogens (tertiary/aromatic N) is 3. The van der Waals surface area contributed by atoms with E-state index in [1.165, 1.54) is 12.8 Å². The monoisotopic (exact) mass is 529 g/mol. The molecule has 0 radical (unpaired) electrons. The maximum atomic E-state index is 14.3. The molecule has 5 rings (SSSR count). The highest BCUT2D eigenvalue weighted by molar-refractivity contribution is 6.00. The summed E-state index contributed by atoms with van der Waals surface area (Å²) in [6.45, 7) is 2.26. The lowest BCUT2D eigenvalue weighted by Gasteiger charge is -2.40. The van der Waals surface area contributed by atoms with E-state index < -0.39 is 6.04 Å². The average Bonchev–Trinajstić information content (AvgIpc) is 3.69. The Morgan fingerprint density at radius 2 is 1.69 bits per heavy atom. The van der Waals surface area contributed by atoms with Crippen LogP contribution in [-0.2, 0) is 9.59 Å². The number of rotatable bonds is 12. The molecule has 2 amide bonds. The number of fused-ring (bicyclic) bond motifs is 3. The van der Waals surface area contributed by atoms with Crippen LogP contribution in [0.3, 0.4) is 0 Å². The summed E-state index contributed by atoms with van der Waals surface area (Å²) in [5.41, 5.74) is 3.53. The summed E-state index contributed by atoms with van der Waals surface area (Å²) in [5.74, 6) is 1.35. The zero-order valence-corrected chi connectivity index (χ0v) is 23.3. The summed E-state index contributed by atoms with van der Waals surface area (Å²) >= 11 is 0. The third-order valence-corrected chi connectivity index (χ3v) is 7.83. The number of amides is 2. The Hall–Kier alpha value is -3.74. The third kappa shape index (κ3) is 5.54. The van der Waals surface area contributed by atoms with Gasteiger partial charge in [-0.1, -0.05) is 44.7 Å². The van der Waals surface area contributed by atoms with Crippen molar-refractivity contribution in [3.05, 3.63) is 72.1 Å². The molecule has 1 aliphatic carbocycles. The van der Waals surface area contributed by atoms with Gasteiger partial charge < -0.3 is 18.9 Å². The van der Waals surface area contributed by atoms with E-state index in [1.54, 1.807) is 14.2 Å². The van der Waals surface area contributed by atoms with E-state index in [9.17, 15) is 9.59 Å². The summed E-state index contributed by atoms with van der Waals surface area (Å²) < 4.78 is 13.5. The van der Waals surface area contributed by atoms with Crippen LogP contribution < -0.4 is 14.4 Å². The van der Waals surface area contributed by atoms with Gasteiger partial charge in [-0.2, -0.15) is 0 Å². The molecule has 2 aromatic carbocycles. The van der Waals surface area contributed by atoms with Gasteiger partial charge in [0.1, 0.15) is 24.1 Å². The van der Waals surface area contributed by atoms with E-state index in [1.807, 2.05) is 70.6 Å². The van der Waals surface area contributed by atoms with Crippen molar-refractivity contribution in [3.8, 4) is 17.2 Å². The van der Waals surface area contributed by atoms with E-state index in [2.05, 4.69) is 11.5 Å². The van der Waals surface area contributed by atoms with Crippen LogP contribution in [0, 0.1) is 0 Å². The van der Waals surface area contributed by atoms with E-state index in [0.717, 1.165) is 54.7 Å². The lowest BCUT2D eigenvalue weighted by molar-refractivity contribution is -0.136. The summed E-state index contributed by atoms with van der Waals surface area (Å²) in [6, 6.07) is 17.4. The first-order chi connectivity index (χ1) is 19.1. The van der Waals surface area contributed by atoms with Crippen LogP contribution in [0.2, 0.25) is 0 Å². The molecular weight excluding hydrogens is 490 g/mol. The van der Waals surface area contributed by atoms with Crippen molar-refractivity contribution in [2.45, 2.75) is 70.4 Å². The van der Waals surface area contributed by atoms with Gasteiger partial charge in [0.2, 0.25) is 11.8 Å². The maximum absolute atomic E-state index is 14.3. The number of unbranched alkanes of at least 4 members (excludes halogenated alkanes) is 4. The molecule has 1 atom stereocenters. The molecule has 0 spiro atoms. The second kappa shape index (κ2) is 12.0. The summed E-state index contributed by atoms with van der Waals surface area (Å²) in [7, 11) is 3.27. The van der Waals surface area contributed by atoms with Crippen LogP contribution >= 0.6 is 0 Å². The van der Waals surface area contributed by atoms with E-state index in [0.29, 0.717) is 17.9 Å². The van der Waals surface area contributed by atoms with Gasteiger partial charge in [-0.25, -0.2) is 0 Å². The molecule has 1 unspecified atom stereocenters. The Bertz CT molecular complexity index is 1310. The fourth-order valence-corrected chi connectivity index (χ4v) is 5.66. The normalized spacial score (nSPS) is 15.9. The van der Waals surface area contributed by atoms with Gasteiger partial charge in [0.15, 0.2) is 0 Å². The van der Waals surface area contributed by atoms with Crippen LogP contribution in [0.25, 0.3) is 5.69 Å². The quantitative estimate of drug-likeness (QED) is 0.259. The van der Waals surface area contributed by atoms with Gasteiger partial charge in [0.25, 0.3) is 0 Å². The molecule has 7 nitrogen and oxygen atoms in total. The number of para-hydroxylation sites is 2. The smallest absolute Gasteiger partial charge is 0.247 e.